The van der Waals surface area contributed by atoms with Crippen molar-refractivity contribution in [2.24, 2.45) is 5.92 Å². The second-order valence-electron chi connectivity index (χ2n) is 7.09. The fourth-order valence-corrected chi connectivity index (χ4v) is 3.69. The van der Waals surface area contributed by atoms with Gasteiger partial charge in [-0.05, 0) is 37.1 Å². The molecule has 1 unspecified atom stereocenters. The zero-order valence-corrected chi connectivity index (χ0v) is 15.2. The first-order valence-electron chi connectivity index (χ1n) is 9.29. The Morgan fingerprint density at radius 2 is 1.71 bits per heavy atom. The number of hydrogen-bond acceptors (Lipinski definition) is 5. The molecule has 9 nitrogen and oxygen atoms in total. The summed E-state index contributed by atoms with van der Waals surface area (Å²) < 4.78 is 0. The van der Waals surface area contributed by atoms with E-state index in [0.29, 0.717) is 0 Å². The number of aromatic amines is 2. The van der Waals surface area contributed by atoms with Crippen LogP contribution in [-0.2, 0) is 9.59 Å². The molecule has 1 aromatic carbocycles. The largest absolute Gasteiger partial charge is 0.372 e. The van der Waals surface area contributed by atoms with E-state index in [9.17, 15) is 19.2 Å². The first kappa shape index (κ1) is 18.0. The highest BCUT2D eigenvalue weighted by atomic mass is 16.2. The fraction of sp³-hybridized carbons (Fsp3) is 0.368. The molecule has 28 heavy (non-hydrogen) atoms. The monoisotopic (exact) mass is 383 g/mol. The number of nitrogens with one attached hydrogen (secondary N) is 3. The molecule has 9 heteroatoms. The molecule has 2 aromatic rings. The van der Waals surface area contributed by atoms with Gasteiger partial charge in [0.1, 0.15) is 5.69 Å². The lowest BCUT2D eigenvalue weighted by Crippen LogP contribution is -2.31. The van der Waals surface area contributed by atoms with Crippen LogP contribution < -0.4 is 26.4 Å². The maximum Gasteiger partial charge on any atom is 0.325 e. The van der Waals surface area contributed by atoms with Crippen LogP contribution in [0.3, 0.4) is 0 Å². The summed E-state index contributed by atoms with van der Waals surface area (Å²) in [6, 6.07) is 7.80. The number of benzene rings is 1. The van der Waals surface area contributed by atoms with Gasteiger partial charge in [0, 0.05) is 43.6 Å². The summed E-state index contributed by atoms with van der Waals surface area (Å²) in [7, 11) is 0. The summed E-state index contributed by atoms with van der Waals surface area (Å²) in [4.78, 5) is 55.9. The first-order chi connectivity index (χ1) is 13.5. The molecule has 1 aromatic heterocycles. The van der Waals surface area contributed by atoms with Crippen molar-refractivity contribution in [3.63, 3.8) is 0 Å². The van der Waals surface area contributed by atoms with Gasteiger partial charge in [-0.2, -0.15) is 0 Å². The summed E-state index contributed by atoms with van der Waals surface area (Å²) in [5.74, 6) is -1.14. The average molecular weight is 383 g/mol. The molecule has 146 valence electrons. The van der Waals surface area contributed by atoms with E-state index < -0.39 is 23.1 Å². The van der Waals surface area contributed by atoms with Gasteiger partial charge < -0.3 is 20.1 Å². The maximum atomic E-state index is 12.5. The Bertz CT molecular complexity index is 1000. The molecule has 1 atom stereocenters. The second-order valence-corrected chi connectivity index (χ2v) is 7.09. The van der Waals surface area contributed by atoms with Gasteiger partial charge in [0.15, 0.2) is 0 Å². The van der Waals surface area contributed by atoms with E-state index in [1.165, 1.54) is 12.8 Å². The van der Waals surface area contributed by atoms with Crippen LogP contribution in [-0.4, -0.2) is 41.4 Å². The van der Waals surface area contributed by atoms with Crippen LogP contribution in [0.15, 0.2) is 40.1 Å². The van der Waals surface area contributed by atoms with Crippen LogP contribution in [0.2, 0.25) is 0 Å². The number of aromatic nitrogens is 2. The van der Waals surface area contributed by atoms with Crippen LogP contribution in [0.1, 0.15) is 19.3 Å². The lowest BCUT2D eigenvalue weighted by atomic mass is 10.1. The van der Waals surface area contributed by atoms with Crippen LogP contribution in [0.5, 0.6) is 0 Å². The highest BCUT2D eigenvalue weighted by Crippen LogP contribution is 2.28. The highest BCUT2D eigenvalue weighted by molar-refractivity contribution is 6.03. The Balaban J connectivity index is 1.43. The van der Waals surface area contributed by atoms with Crippen molar-refractivity contribution in [1.29, 1.82) is 0 Å². The van der Waals surface area contributed by atoms with E-state index in [1.807, 2.05) is 29.2 Å². The van der Waals surface area contributed by atoms with Crippen molar-refractivity contribution in [2.45, 2.75) is 19.3 Å². The van der Waals surface area contributed by atoms with Crippen LogP contribution >= 0.6 is 0 Å². The lowest BCUT2D eigenvalue weighted by molar-refractivity contribution is -0.122. The summed E-state index contributed by atoms with van der Waals surface area (Å²) in [6.07, 6.45) is 3.61. The molecule has 0 aliphatic carbocycles. The molecule has 2 aliphatic heterocycles. The Hall–Kier alpha value is -3.36. The highest BCUT2D eigenvalue weighted by Gasteiger charge is 2.35. The molecule has 0 spiro atoms. The molecule has 0 bridgehead atoms. The van der Waals surface area contributed by atoms with E-state index in [-0.39, 0.29) is 24.6 Å². The standard InChI is InChI=1S/C19H21N5O4/c25-16-9-12(17(26)21-15-10-20-19(28)22-18(15)27)11-24(16)14-5-3-13(4-6-14)23-7-1-2-8-23/h3-6,10,12H,1-2,7-9,11H2,(H,21,26)(H2,20,22,27,28). The number of anilines is 3. The van der Waals surface area contributed by atoms with Gasteiger partial charge >= 0.3 is 5.69 Å². The van der Waals surface area contributed by atoms with Crippen molar-refractivity contribution in [2.75, 3.05) is 34.8 Å². The first-order valence-corrected chi connectivity index (χ1v) is 9.29. The predicted octanol–water partition coefficient (Wildman–Crippen LogP) is 0.655. The van der Waals surface area contributed by atoms with E-state index in [0.717, 1.165) is 30.7 Å². The second kappa shape index (κ2) is 7.34. The molecule has 2 amide bonds. The summed E-state index contributed by atoms with van der Waals surface area (Å²) in [5, 5.41) is 2.48. The smallest absolute Gasteiger partial charge is 0.325 e. The van der Waals surface area contributed by atoms with E-state index in [4.69, 9.17) is 0 Å². The summed E-state index contributed by atoms with van der Waals surface area (Å²) in [6.45, 7) is 2.34. The number of H-pyrrole nitrogens is 2. The number of amides is 2. The third-order valence-corrected chi connectivity index (χ3v) is 5.21. The molecule has 3 N–H and O–H groups in total. The SMILES string of the molecule is O=C(Nc1c[nH]c(=O)[nH]c1=O)C1CC(=O)N(c2ccc(N3CCCC3)cc2)C1. The molecule has 2 aliphatic rings. The van der Waals surface area contributed by atoms with Crippen LogP contribution in [0.25, 0.3) is 0 Å². The van der Waals surface area contributed by atoms with Gasteiger partial charge in [-0.25, -0.2) is 4.79 Å². The Morgan fingerprint density at radius 1 is 1.04 bits per heavy atom. The van der Waals surface area contributed by atoms with Gasteiger partial charge in [0.25, 0.3) is 5.56 Å². The minimum absolute atomic E-state index is 0.0505. The summed E-state index contributed by atoms with van der Waals surface area (Å²) >= 11 is 0. The Morgan fingerprint density at radius 3 is 2.39 bits per heavy atom. The normalized spacial score (nSPS) is 19.3. The molecule has 4 rings (SSSR count). The maximum absolute atomic E-state index is 12.5. The molecule has 0 radical (unpaired) electrons. The number of rotatable bonds is 4. The minimum Gasteiger partial charge on any atom is -0.372 e. The van der Waals surface area contributed by atoms with Crippen LogP contribution in [0.4, 0.5) is 17.1 Å². The van der Waals surface area contributed by atoms with Gasteiger partial charge in [-0.3, -0.25) is 19.4 Å². The van der Waals surface area contributed by atoms with Crippen molar-refractivity contribution < 1.29 is 9.59 Å². The van der Waals surface area contributed by atoms with Crippen molar-refractivity contribution >= 4 is 28.9 Å². The molecule has 0 saturated carbocycles. The topological polar surface area (TPSA) is 118 Å². The van der Waals surface area contributed by atoms with E-state index in [1.54, 1.807) is 4.90 Å². The van der Waals surface area contributed by atoms with Gasteiger partial charge in [0.05, 0.1) is 5.92 Å². The molecular formula is C19H21N5O4. The zero-order chi connectivity index (χ0) is 19.7. The lowest BCUT2D eigenvalue weighted by Gasteiger charge is -2.20. The van der Waals surface area contributed by atoms with Gasteiger partial charge in [-0.15, -0.1) is 0 Å². The van der Waals surface area contributed by atoms with Crippen LogP contribution in [0, 0.1) is 5.92 Å². The average Bonchev–Trinajstić information content (AvgIpc) is 3.34. The fourth-order valence-electron chi connectivity index (χ4n) is 3.69. The zero-order valence-electron chi connectivity index (χ0n) is 15.2. The molecule has 2 fully saturated rings. The van der Waals surface area contributed by atoms with E-state index >= 15 is 0 Å². The molecular weight excluding hydrogens is 362 g/mol. The number of carbonyl (C=O) groups excluding carboxylic acids is 2. The van der Waals surface area contributed by atoms with Gasteiger partial charge in [-0.1, -0.05) is 0 Å². The molecule has 2 saturated heterocycles. The summed E-state index contributed by atoms with van der Waals surface area (Å²) in [5.41, 5.74) is 0.508. The quantitative estimate of drug-likeness (QED) is 0.717. The van der Waals surface area contributed by atoms with E-state index in [2.05, 4.69) is 15.2 Å². The number of hydrogen-bond donors (Lipinski definition) is 3. The van der Waals surface area contributed by atoms with Crippen molar-refractivity contribution in [1.82, 2.24) is 9.97 Å². The van der Waals surface area contributed by atoms with Gasteiger partial charge in [0.2, 0.25) is 11.8 Å². The predicted molar refractivity (Wildman–Crippen MR) is 105 cm³/mol. The third kappa shape index (κ3) is 3.55. The Labute approximate surface area is 160 Å². The van der Waals surface area contributed by atoms with Crippen molar-refractivity contribution in [3.05, 3.63) is 51.3 Å². The Kier molecular flexibility index (Phi) is 4.72. The minimum atomic E-state index is -0.684. The number of nitrogens with zero attached hydrogens (tertiary/aromatic N) is 2. The number of carbonyl (C=O) groups is 2. The molecule has 3 heterocycles. The third-order valence-electron chi connectivity index (χ3n) is 5.21. The van der Waals surface area contributed by atoms with Crippen molar-refractivity contribution in [3.8, 4) is 0 Å².